The molecule has 0 radical (unpaired) electrons. The van der Waals surface area contributed by atoms with Gasteiger partial charge in [0.25, 0.3) is 0 Å². The van der Waals surface area contributed by atoms with Crippen molar-refractivity contribution in [3.8, 4) is 0 Å². The van der Waals surface area contributed by atoms with Gasteiger partial charge in [-0.3, -0.25) is 0 Å². The second-order valence-corrected chi connectivity index (χ2v) is 7.86. The Hall–Kier alpha value is 0.180. The van der Waals surface area contributed by atoms with Crippen molar-refractivity contribution < 1.29 is 0 Å². The van der Waals surface area contributed by atoms with E-state index in [9.17, 15) is 0 Å². The van der Waals surface area contributed by atoms with Crippen molar-refractivity contribution in [2.75, 3.05) is 0 Å². The van der Waals surface area contributed by atoms with E-state index < -0.39 is 0 Å². The van der Waals surface area contributed by atoms with E-state index >= 15 is 0 Å². The van der Waals surface area contributed by atoms with E-state index in [0.717, 1.165) is 5.92 Å². The topological polar surface area (TPSA) is 0 Å². The van der Waals surface area contributed by atoms with E-state index in [2.05, 4.69) is 46.6 Å². The third-order valence-electron chi connectivity index (χ3n) is 4.07. The molecule has 1 aliphatic carbocycles. The van der Waals surface area contributed by atoms with E-state index in [0.29, 0.717) is 10.2 Å². The van der Waals surface area contributed by atoms with Gasteiger partial charge in [-0.2, -0.15) is 11.3 Å². The minimum Gasteiger partial charge on any atom is -0.152 e. The highest BCUT2D eigenvalue weighted by Crippen LogP contribution is 2.49. The summed E-state index contributed by atoms with van der Waals surface area (Å²) in [6.07, 6.45) is 8.29. The molecule has 2 rings (SSSR count). The summed E-state index contributed by atoms with van der Waals surface area (Å²) < 4.78 is 0. The number of hydrogen-bond donors (Lipinski definition) is 0. The van der Waals surface area contributed by atoms with Gasteiger partial charge in [-0.05, 0) is 59.4 Å². The lowest BCUT2D eigenvalue weighted by molar-refractivity contribution is 0.228. The fraction of sp³-hybridized carbons (Fsp3) is 0.733. The molecule has 1 heterocycles. The van der Waals surface area contributed by atoms with Gasteiger partial charge in [-0.1, -0.05) is 42.6 Å². The molecule has 1 aromatic rings. The van der Waals surface area contributed by atoms with Crippen molar-refractivity contribution in [3.05, 3.63) is 22.4 Å². The zero-order valence-electron chi connectivity index (χ0n) is 10.9. The maximum atomic E-state index is 4.02. The van der Waals surface area contributed by atoms with Crippen molar-refractivity contribution in [1.29, 1.82) is 0 Å². The van der Waals surface area contributed by atoms with Crippen molar-refractivity contribution in [2.45, 2.75) is 57.2 Å². The van der Waals surface area contributed by atoms with Gasteiger partial charge in [0.2, 0.25) is 0 Å². The summed E-state index contributed by atoms with van der Waals surface area (Å²) in [5.41, 5.74) is 2.07. The summed E-state index contributed by atoms with van der Waals surface area (Å²) in [6, 6.07) is 2.27. The van der Waals surface area contributed by atoms with Gasteiger partial charge in [0, 0.05) is 4.83 Å². The smallest absolute Gasteiger partial charge is 0.0242 e. The summed E-state index contributed by atoms with van der Waals surface area (Å²) >= 11 is 5.83. The van der Waals surface area contributed by atoms with Gasteiger partial charge in [0.15, 0.2) is 0 Å². The molecule has 1 aromatic heterocycles. The van der Waals surface area contributed by atoms with Crippen LogP contribution in [0.15, 0.2) is 16.8 Å². The SMILES string of the molecule is CC(C)CC1(C(Br)Cc2ccsc2)CCCC1. The number of halogens is 1. The summed E-state index contributed by atoms with van der Waals surface area (Å²) in [5, 5.41) is 4.49. The molecular weight excluding hydrogens is 292 g/mol. The molecule has 0 aromatic carbocycles. The minimum atomic E-state index is 0.566. The van der Waals surface area contributed by atoms with E-state index in [1.54, 1.807) is 0 Å². The summed E-state index contributed by atoms with van der Waals surface area (Å²) in [5.74, 6) is 0.815. The van der Waals surface area contributed by atoms with Gasteiger partial charge in [-0.15, -0.1) is 0 Å². The Morgan fingerprint density at radius 3 is 2.59 bits per heavy atom. The van der Waals surface area contributed by atoms with Crippen LogP contribution >= 0.6 is 27.3 Å². The lowest BCUT2D eigenvalue weighted by Crippen LogP contribution is -2.31. The van der Waals surface area contributed by atoms with E-state index in [1.807, 2.05) is 11.3 Å². The number of alkyl halides is 1. The highest BCUT2D eigenvalue weighted by Gasteiger charge is 2.40. The van der Waals surface area contributed by atoms with Crippen LogP contribution in [0.25, 0.3) is 0 Å². The molecule has 1 atom stereocenters. The van der Waals surface area contributed by atoms with E-state index in [4.69, 9.17) is 0 Å². The zero-order chi connectivity index (χ0) is 12.3. The summed E-state index contributed by atoms with van der Waals surface area (Å²) in [7, 11) is 0. The first-order valence-corrected chi connectivity index (χ1v) is 8.63. The van der Waals surface area contributed by atoms with Crippen LogP contribution in [0, 0.1) is 11.3 Å². The Labute approximate surface area is 118 Å². The summed E-state index contributed by atoms with van der Waals surface area (Å²) in [4.78, 5) is 0.662. The highest BCUT2D eigenvalue weighted by atomic mass is 79.9. The van der Waals surface area contributed by atoms with Gasteiger partial charge < -0.3 is 0 Å². The van der Waals surface area contributed by atoms with Gasteiger partial charge in [0.05, 0.1) is 0 Å². The molecule has 96 valence electrons. The Morgan fingerprint density at radius 2 is 2.06 bits per heavy atom. The number of rotatable bonds is 5. The third kappa shape index (κ3) is 3.35. The number of hydrogen-bond acceptors (Lipinski definition) is 1. The van der Waals surface area contributed by atoms with Crippen LogP contribution in [0.2, 0.25) is 0 Å². The molecule has 17 heavy (non-hydrogen) atoms. The average Bonchev–Trinajstić information content (AvgIpc) is 2.88. The number of thiophene rings is 1. The van der Waals surface area contributed by atoms with Crippen LogP contribution in [0.3, 0.4) is 0 Å². The molecule has 0 spiro atoms. The first kappa shape index (κ1) is 13.6. The largest absolute Gasteiger partial charge is 0.152 e. The van der Waals surface area contributed by atoms with E-state index in [-0.39, 0.29) is 0 Å². The molecule has 0 amide bonds. The molecular formula is C15H23BrS. The lowest BCUT2D eigenvalue weighted by atomic mass is 9.74. The normalized spacial score (nSPS) is 20.9. The Morgan fingerprint density at radius 1 is 1.35 bits per heavy atom. The molecule has 0 saturated heterocycles. The van der Waals surface area contributed by atoms with Gasteiger partial charge >= 0.3 is 0 Å². The lowest BCUT2D eigenvalue weighted by Gasteiger charge is -2.36. The van der Waals surface area contributed by atoms with Crippen LogP contribution in [-0.4, -0.2) is 4.83 Å². The van der Waals surface area contributed by atoms with Crippen LogP contribution in [0.1, 0.15) is 51.5 Å². The maximum absolute atomic E-state index is 4.02. The van der Waals surface area contributed by atoms with Crippen LogP contribution in [0.5, 0.6) is 0 Å². The first-order valence-electron chi connectivity index (χ1n) is 6.77. The average molecular weight is 315 g/mol. The fourth-order valence-corrected chi connectivity index (χ4v) is 5.07. The fourth-order valence-electron chi connectivity index (χ4n) is 3.37. The molecule has 1 fully saturated rings. The maximum Gasteiger partial charge on any atom is 0.0242 e. The minimum absolute atomic E-state index is 0.566. The molecule has 1 aliphatic rings. The van der Waals surface area contributed by atoms with Crippen molar-refractivity contribution in [2.24, 2.45) is 11.3 Å². The van der Waals surface area contributed by atoms with Gasteiger partial charge in [-0.25, -0.2) is 0 Å². The highest BCUT2D eigenvalue weighted by molar-refractivity contribution is 9.09. The van der Waals surface area contributed by atoms with Crippen molar-refractivity contribution in [1.82, 2.24) is 0 Å². The molecule has 0 bridgehead atoms. The Bertz CT molecular complexity index is 323. The quantitative estimate of drug-likeness (QED) is 0.615. The second-order valence-electron chi connectivity index (χ2n) is 5.97. The molecule has 0 aliphatic heterocycles. The standard InChI is InChI=1S/C15H23BrS/c1-12(2)10-15(6-3-4-7-15)14(16)9-13-5-8-17-11-13/h5,8,11-12,14H,3-4,6-7,9-10H2,1-2H3. The Balaban J connectivity index is 2.05. The predicted molar refractivity (Wildman–Crippen MR) is 81.1 cm³/mol. The summed E-state index contributed by atoms with van der Waals surface area (Å²) in [6.45, 7) is 4.73. The third-order valence-corrected chi connectivity index (χ3v) is 6.10. The second kappa shape index (κ2) is 5.88. The van der Waals surface area contributed by atoms with Gasteiger partial charge in [0.1, 0.15) is 0 Å². The zero-order valence-corrected chi connectivity index (χ0v) is 13.3. The first-order chi connectivity index (χ1) is 8.12. The van der Waals surface area contributed by atoms with E-state index in [1.165, 1.54) is 44.1 Å². The molecule has 0 N–H and O–H groups in total. The van der Waals surface area contributed by atoms with Crippen LogP contribution < -0.4 is 0 Å². The molecule has 1 saturated carbocycles. The van der Waals surface area contributed by atoms with Crippen molar-refractivity contribution >= 4 is 27.3 Å². The van der Waals surface area contributed by atoms with Crippen LogP contribution in [0.4, 0.5) is 0 Å². The molecule has 0 nitrogen and oxygen atoms in total. The Kier molecular flexibility index (Phi) is 4.71. The monoisotopic (exact) mass is 314 g/mol. The van der Waals surface area contributed by atoms with Crippen molar-refractivity contribution in [3.63, 3.8) is 0 Å². The molecule has 2 heteroatoms. The predicted octanol–water partition coefficient (Wildman–Crippen LogP) is 5.66. The molecule has 1 unspecified atom stereocenters. The van der Waals surface area contributed by atoms with Crippen LogP contribution in [-0.2, 0) is 6.42 Å².